The molecule has 4 aromatic rings. The van der Waals surface area contributed by atoms with Crippen LogP contribution in [0.2, 0.25) is 0 Å². The molecule has 2 heterocycles. The number of hydrogen-bond acceptors (Lipinski definition) is 6. The highest BCUT2D eigenvalue weighted by Crippen LogP contribution is 2.30. The lowest BCUT2D eigenvalue weighted by Gasteiger charge is -2.13. The van der Waals surface area contributed by atoms with Gasteiger partial charge in [-0.25, -0.2) is 35.5 Å². The Bertz CT molecular complexity index is 1770. The standard InChI is InChI=1S/C25H16F6N6O2S/c1-13-20(27)8-22(37(13)40(38,39)18-4-2-17(26)3-5-18)23(33)34-10-15-6-19(21(28)7-14(15)9-32)16-11-35-24(36-12-16)25(29,30)31/h2-8,11-12H,10H2,1H3,(H2,33,34). The summed E-state index contributed by atoms with van der Waals surface area (Å²) in [5.41, 5.74) is 4.83. The molecule has 0 saturated carbocycles. The van der Waals surface area contributed by atoms with Gasteiger partial charge in [-0.15, -0.1) is 0 Å². The highest BCUT2D eigenvalue weighted by Gasteiger charge is 2.34. The maximum atomic E-state index is 14.7. The Balaban J connectivity index is 1.73. The Hall–Kier alpha value is -4.71. The predicted octanol–water partition coefficient (Wildman–Crippen LogP) is 4.70. The van der Waals surface area contributed by atoms with Gasteiger partial charge in [-0.2, -0.15) is 18.4 Å². The minimum absolute atomic E-state index is 0.0680. The summed E-state index contributed by atoms with van der Waals surface area (Å²) in [4.78, 5) is 10.1. The Kier molecular flexibility index (Phi) is 7.40. The summed E-state index contributed by atoms with van der Waals surface area (Å²) in [6.45, 7) is 0.755. The number of rotatable bonds is 6. The minimum Gasteiger partial charge on any atom is -0.382 e. The van der Waals surface area contributed by atoms with Gasteiger partial charge in [-0.3, -0.25) is 4.99 Å². The molecule has 2 aromatic carbocycles. The van der Waals surface area contributed by atoms with Crippen LogP contribution in [0.1, 0.15) is 28.3 Å². The fourth-order valence-electron chi connectivity index (χ4n) is 3.70. The fourth-order valence-corrected chi connectivity index (χ4v) is 5.24. The molecule has 40 heavy (non-hydrogen) atoms. The van der Waals surface area contributed by atoms with Crippen molar-refractivity contribution in [3.8, 4) is 17.2 Å². The van der Waals surface area contributed by atoms with Crippen LogP contribution >= 0.6 is 0 Å². The quantitative estimate of drug-likeness (QED) is 0.201. The number of hydrogen-bond donors (Lipinski definition) is 1. The third-order valence-electron chi connectivity index (χ3n) is 5.70. The summed E-state index contributed by atoms with van der Waals surface area (Å²) < 4.78 is 108. The molecule has 0 unspecified atom stereocenters. The van der Waals surface area contributed by atoms with Crippen molar-refractivity contribution in [3.05, 3.63) is 101 Å². The van der Waals surface area contributed by atoms with E-state index >= 15 is 0 Å². The highest BCUT2D eigenvalue weighted by molar-refractivity contribution is 7.90. The van der Waals surface area contributed by atoms with E-state index < -0.39 is 51.9 Å². The number of nitrogens with two attached hydrogens (primary N) is 1. The summed E-state index contributed by atoms with van der Waals surface area (Å²) in [5.74, 6) is -4.46. The van der Waals surface area contributed by atoms with Crippen molar-refractivity contribution in [1.82, 2.24) is 13.9 Å². The molecule has 4 rings (SSSR count). The number of aliphatic imine (C=N–C) groups is 1. The largest absolute Gasteiger partial charge is 0.451 e. The van der Waals surface area contributed by atoms with Crippen LogP contribution in [0.4, 0.5) is 26.3 Å². The topological polar surface area (TPSA) is 127 Å². The first-order valence-electron chi connectivity index (χ1n) is 11.1. The average Bonchev–Trinajstić information content (AvgIpc) is 3.22. The summed E-state index contributed by atoms with van der Waals surface area (Å²) in [7, 11) is -4.45. The van der Waals surface area contributed by atoms with Crippen molar-refractivity contribution in [2.45, 2.75) is 24.5 Å². The number of benzene rings is 2. The third kappa shape index (κ3) is 5.38. The molecule has 0 aliphatic heterocycles. The zero-order valence-corrected chi connectivity index (χ0v) is 21.0. The van der Waals surface area contributed by atoms with Gasteiger partial charge in [0, 0.05) is 29.6 Å². The Morgan fingerprint density at radius 2 is 1.68 bits per heavy atom. The summed E-state index contributed by atoms with van der Waals surface area (Å²) in [6, 6.07) is 8.36. The van der Waals surface area contributed by atoms with Crippen LogP contribution in [0, 0.1) is 35.7 Å². The first-order chi connectivity index (χ1) is 18.7. The van der Waals surface area contributed by atoms with Crippen molar-refractivity contribution < 1.29 is 34.8 Å². The molecule has 0 spiro atoms. The van der Waals surface area contributed by atoms with Gasteiger partial charge in [0.2, 0.25) is 5.82 Å². The highest BCUT2D eigenvalue weighted by atomic mass is 32.2. The maximum Gasteiger partial charge on any atom is 0.451 e. The second-order valence-electron chi connectivity index (χ2n) is 8.28. The molecule has 0 amide bonds. The number of nitrogens with zero attached hydrogens (tertiary/aromatic N) is 5. The van der Waals surface area contributed by atoms with Crippen LogP contribution in [0.3, 0.4) is 0 Å². The molecule has 0 radical (unpaired) electrons. The normalized spacial score (nSPS) is 12.4. The van der Waals surface area contributed by atoms with Crippen LogP contribution in [0.25, 0.3) is 11.1 Å². The van der Waals surface area contributed by atoms with E-state index in [1.54, 1.807) is 6.07 Å². The lowest BCUT2D eigenvalue weighted by Crippen LogP contribution is -2.24. The van der Waals surface area contributed by atoms with Gasteiger partial charge in [-0.05, 0) is 48.9 Å². The van der Waals surface area contributed by atoms with Gasteiger partial charge in [0.15, 0.2) is 0 Å². The van der Waals surface area contributed by atoms with Crippen LogP contribution in [0.5, 0.6) is 0 Å². The number of halogens is 6. The molecule has 8 nitrogen and oxygen atoms in total. The van der Waals surface area contributed by atoms with Crippen molar-refractivity contribution in [1.29, 1.82) is 5.26 Å². The van der Waals surface area contributed by atoms with E-state index in [0.29, 0.717) is 3.97 Å². The predicted molar refractivity (Wildman–Crippen MR) is 130 cm³/mol. The maximum absolute atomic E-state index is 14.7. The molecule has 0 bridgehead atoms. The molecule has 0 aliphatic rings. The van der Waals surface area contributed by atoms with E-state index in [4.69, 9.17) is 5.73 Å². The summed E-state index contributed by atoms with van der Waals surface area (Å²) in [5, 5.41) is 9.44. The minimum atomic E-state index is -4.81. The van der Waals surface area contributed by atoms with E-state index in [9.17, 15) is 40.0 Å². The van der Waals surface area contributed by atoms with E-state index in [1.807, 2.05) is 0 Å². The molecule has 0 saturated heterocycles. The molecular formula is C25H16F6N6O2S. The zero-order chi connectivity index (χ0) is 29.4. The fraction of sp³-hybridized carbons (Fsp3) is 0.120. The first kappa shape index (κ1) is 28.3. The molecule has 2 aromatic heterocycles. The van der Waals surface area contributed by atoms with Crippen molar-refractivity contribution >= 4 is 15.9 Å². The van der Waals surface area contributed by atoms with Crippen molar-refractivity contribution in [3.63, 3.8) is 0 Å². The molecule has 0 atom stereocenters. The van der Waals surface area contributed by atoms with E-state index in [1.165, 1.54) is 6.92 Å². The smallest absolute Gasteiger partial charge is 0.382 e. The number of alkyl halides is 3. The van der Waals surface area contributed by atoms with E-state index in [-0.39, 0.29) is 38.5 Å². The molecule has 2 N–H and O–H groups in total. The lowest BCUT2D eigenvalue weighted by molar-refractivity contribution is -0.144. The van der Waals surface area contributed by atoms with Crippen molar-refractivity contribution in [2.75, 3.05) is 0 Å². The molecular weight excluding hydrogens is 562 g/mol. The Morgan fingerprint density at radius 1 is 1.05 bits per heavy atom. The summed E-state index contributed by atoms with van der Waals surface area (Å²) >= 11 is 0. The van der Waals surface area contributed by atoms with Crippen molar-refractivity contribution in [2.24, 2.45) is 10.7 Å². The Morgan fingerprint density at radius 3 is 2.25 bits per heavy atom. The lowest BCUT2D eigenvalue weighted by atomic mass is 10.0. The van der Waals surface area contributed by atoms with E-state index in [0.717, 1.165) is 54.9 Å². The second kappa shape index (κ2) is 10.5. The second-order valence-corrected chi connectivity index (χ2v) is 10.1. The van der Waals surface area contributed by atoms with Gasteiger partial charge in [0.1, 0.15) is 29.0 Å². The van der Waals surface area contributed by atoms with Crippen LogP contribution in [-0.4, -0.2) is 28.2 Å². The van der Waals surface area contributed by atoms with Crippen LogP contribution in [0.15, 0.2) is 64.7 Å². The molecule has 0 fully saturated rings. The summed E-state index contributed by atoms with van der Waals surface area (Å²) in [6.07, 6.45) is -3.28. The number of aromatic nitrogens is 3. The monoisotopic (exact) mass is 578 g/mol. The molecule has 0 aliphatic carbocycles. The molecule has 206 valence electrons. The number of amidine groups is 1. The average molecular weight is 578 g/mol. The molecule has 15 heteroatoms. The van der Waals surface area contributed by atoms with Gasteiger partial charge in [-0.1, -0.05) is 0 Å². The van der Waals surface area contributed by atoms with Gasteiger partial charge in [0.25, 0.3) is 10.0 Å². The van der Waals surface area contributed by atoms with Gasteiger partial charge in [0.05, 0.1) is 28.8 Å². The number of nitriles is 1. The SMILES string of the molecule is Cc1c(F)cc(C(N)=NCc2cc(-c3cnc(C(F)(F)F)nc3)c(F)cc2C#N)n1S(=O)(=O)c1ccc(F)cc1. The third-order valence-corrected chi connectivity index (χ3v) is 7.52. The first-order valence-corrected chi connectivity index (χ1v) is 12.5. The van der Waals surface area contributed by atoms with Gasteiger partial charge < -0.3 is 5.73 Å². The van der Waals surface area contributed by atoms with E-state index in [2.05, 4.69) is 15.0 Å². The van der Waals surface area contributed by atoms with Crippen LogP contribution < -0.4 is 5.73 Å². The zero-order valence-electron chi connectivity index (χ0n) is 20.2. The Labute approximate surface area is 223 Å². The van der Waals surface area contributed by atoms with Gasteiger partial charge >= 0.3 is 6.18 Å². The van der Waals surface area contributed by atoms with Crippen LogP contribution in [-0.2, 0) is 22.7 Å².